The second kappa shape index (κ2) is 50.9. The van der Waals surface area contributed by atoms with Gasteiger partial charge in [-0.2, -0.15) is 0 Å². The lowest BCUT2D eigenvalue weighted by Crippen LogP contribution is -2.60. The number of hydrogen-bond acceptors (Lipinski definition) is 20. The molecular weight excluding hydrogens is 1750 g/mol. The molecule has 0 aliphatic carbocycles. The molecule has 11 atom stereocenters. The average molecular weight is 1870 g/mol. The molecule has 17 N–H and O–H groups in total. The van der Waals surface area contributed by atoms with Gasteiger partial charge >= 0.3 is 5.97 Å². The van der Waals surface area contributed by atoms with E-state index < -0.39 is 199 Å². The number of aromatic hydroxyl groups is 2. The fourth-order valence-corrected chi connectivity index (χ4v) is 16.6. The molecule has 0 radical (unpaired) electrons. The average Bonchev–Trinajstić information content (AvgIpc) is 1.64. The van der Waals surface area contributed by atoms with Crippen LogP contribution >= 0.6 is 11.8 Å². The van der Waals surface area contributed by atoms with Crippen LogP contribution in [0.2, 0.25) is 0 Å². The number of unbranched alkanes of at least 4 members (excludes halogenated alkanes) is 1. The maximum Gasteiger partial charge on any atom is 0.305 e. The number of aromatic amines is 1. The Morgan fingerprint density at radius 2 is 0.844 bits per heavy atom. The van der Waals surface area contributed by atoms with E-state index in [-0.39, 0.29) is 81.7 Å². The number of likely N-dealkylation sites (N-methyl/N-ethyl adjacent to an activating group) is 5. The minimum Gasteiger partial charge on any atom is -0.508 e. The van der Waals surface area contributed by atoms with Crippen LogP contribution in [-0.4, -0.2) is 272 Å². The monoisotopic (exact) mass is 1870 g/mol. The van der Waals surface area contributed by atoms with Crippen LogP contribution < -0.4 is 59.3 Å². The Bertz CT molecular complexity index is 5450. The second-order valence-corrected chi connectivity index (χ2v) is 35.1. The number of carboxylic acid groups (broad SMARTS) is 1. The highest BCUT2D eigenvalue weighted by atomic mass is 32.2. The van der Waals surface area contributed by atoms with Gasteiger partial charge in [0.25, 0.3) is 0 Å². The van der Waals surface area contributed by atoms with Crippen LogP contribution in [0.25, 0.3) is 10.9 Å². The van der Waals surface area contributed by atoms with Crippen molar-refractivity contribution in [3.63, 3.8) is 0 Å². The van der Waals surface area contributed by atoms with Crippen molar-refractivity contribution >= 4 is 117 Å². The van der Waals surface area contributed by atoms with E-state index in [0.29, 0.717) is 68.3 Å². The van der Waals surface area contributed by atoms with E-state index in [4.69, 9.17) is 11.5 Å². The maximum absolute atomic E-state index is 15.7. The number of rotatable bonds is 25. The van der Waals surface area contributed by atoms with E-state index in [1.54, 1.807) is 160 Å². The van der Waals surface area contributed by atoms with Gasteiger partial charge in [0.1, 0.15) is 78.0 Å². The van der Waals surface area contributed by atoms with E-state index >= 15 is 47.9 Å². The first-order chi connectivity index (χ1) is 64.4. The van der Waals surface area contributed by atoms with Crippen molar-refractivity contribution in [2.24, 2.45) is 17.4 Å². The van der Waals surface area contributed by atoms with Crippen LogP contribution in [0.3, 0.4) is 0 Å². The highest BCUT2D eigenvalue weighted by Gasteiger charge is 2.42. The number of carboxylic acids is 1. The van der Waals surface area contributed by atoms with Crippen molar-refractivity contribution in [2.75, 3.05) is 66.4 Å². The molecule has 2 heterocycles. The predicted molar refractivity (Wildman–Crippen MR) is 505 cm³/mol. The van der Waals surface area contributed by atoms with Gasteiger partial charge in [-0.3, -0.25) is 76.7 Å². The Morgan fingerprint density at radius 1 is 0.437 bits per heavy atom. The van der Waals surface area contributed by atoms with E-state index in [1.807, 2.05) is 6.92 Å². The van der Waals surface area contributed by atoms with Gasteiger partial charge in [-0.15, -0.1) is 11.8 Å². The number of para-hydroxylation sites is 1. The van der Waals surface area contributed by atoms with Gasteiger partial charge in [-0.05, 0) is 93.6 Å². The number of amides is 15. The van der Waals surface area contributed by atoms with Gasteiger partial charge in [-0.25, -0.2) is 0 Å². The Morgan fingerprint density at radius 3 is 1.37 bits per heavy atom. The summed E-state index contributed by atoms with van der Waals surface area (Å²) >= 11 is 0.826. The zero-order valence-corrected chi connectivity index (χ0v) is 77.6. The third-order valence-electron chi connectivity index (χ3n) is 23.1. The Balaban J connectivity index is 1.13. The Hall–Kier alpha value is -14.5. The number of nitrogens with two attached hydrogens (primary N) is 2. The van der Waals surface area contributed by atoms with Gasteiger partial charge in [0.15, 0.2) is 0 Å². The number of aliphatic carboxylic acids is 1. The van der Waals surface area contributed by atoms with Crippen LogP contribution in [-0.2, 0) is 128 Å². The molecule has 36 nitrogen and oxygen atoms in total. The Kier molecular flexibility index (Phi) is 39.3. The molecule has 1 aliphatic rings. The van der Waals surface area contributed by atoms with Crippen molar-refractivity contribution in [3.05, 3.63) is 239 Å². The lowest BCUT2D eigenvalue weighted by molar-refractivity contribution is -0.151. The number of phenolic OH excluding ortho intramolecular Hbond substituents is 2. The lowest BCUT2D eigenvalue weighted by atomic mass is 9.99. The number of nitrogens with one attached hydrogen (secondary N) is 10. The summed E-state index contributed by atoms with van der Waals surface area (Å²) in [6, 6.07) is 33.5. The summed E-state index contributed by atoms with van der Waals surface area (Å²) in [5.74, 6) is -16.9. The largest absolute Gasteiger partial charge is 0.508 e. The molecule has 1 aromatic heterocycles. The molecule has 8 aromatic rings. The molecule has 135 heavy (non-hydrogen) atoms. The molecule has 1 aliphatic heterocycles. The summed E-state index contributed by atoms with van der Waals surface area (Å²) in [6.07, 6.45) is -0.402. The first-order valence-electron chi connectivity index (χ1n) is 44.5. The number of fused-ring (bicyclic) bond motifs is 1. The third-order valence-corrected chi connectivity index (χ3v) is 24.2. The van der Waals surface area contributed by atoms with Crippen LogP contribution in [0.4, 0.5) is 0 Å². The smallest absolute Gasteiger partial charge is 0.305 e. The molecule has 9 rings (SSSR count). The molecule has 718 valence electrons. The van der Waals surface area contributed by atoms with Gasteiger partial charge in [-0.1, -0.05) is 191 Å². The zero-order chi connectivity index (χ0) is 98.1. The quantitative estimate of drug-likeness (QED) is 0.0390. The Labute approximate surface area is 787 Å². The predicted octanol–water partition coefficient (Wildman–Crippen LogP) is 2.37. The number of phenols is 2. The van der Waals surface area contributed by atoms with Crippen molar-refractivity contribution in [1.29, 1.82) is 0 Å². The fraction of sp³-hybridized carbons (Fsp3) is 0.388. The molecular formula is C98H121N17O19S. The standard InChI is InChI=1S/C98H121N17O19S/c1-9-10-30-80-97(133)112(5)56-85(120)104-75(51-87(122)123)92(128)108-78(47-63-31-33-66(52-99)34-32-63)96(132)114(7)81(48-61-24-16-12-17-25-61)93(129)109-76(46-65-37-41-69(117)42-38-65)94(130)111(4)55-84(119)103-74(50-67-53-101-71-29-21-20-28-70(67)71)91(127)107-73(44-64-35-39-68(116)40-36-64)90(126)106-72(43-59(2)3)89(125)110-79(88(124)102-54-83(100)118)57-135-58-86(121)105-77(45-60-22-14-11-15-23-60)95(131)115(8)82(98(134)113(80)6)49-62-26-18-13-19-27-62/h11-29,31-42,53,59,72-82,101,116-117H,9-10,30,43-52,54-58,99H2,1-8H3,(H2,100,118)(H,102,124)(H,103,119)(H,104,120)(H,105,121)(H,106,126)(H,107,127)(H,108,128)(H,109,129)(H,110,125)(H,122,123)/t72-,73-,74-,75-,76-,77-,78-,79-,80-,81-,82-/m0/s1. The van der Waals surface area contributed by atoms with E-state index in [0.717, 1.165) is 26.5 Å². The van der Waals surface area contributed by atoms with Gasteiger partial charge in [0.05, 0.1) is 31.8 Å². The molecule has 37 heteroatoms. The fourth-order valence-electron chi connectivity index (χ4n) is 15.7. The van der Waals surface area contributed by atoms with Crippen molar-refractivity contribution in [1.82, 2.24) is 77.3 Å². The molecule has 1 saturated heterocycles. The molecule has 7 aromatic carbocycles. The molecule has 0 unspecified atom stereocenters. The normalized spacial score (nSPS) is 21.4. The highest BCUT2D eigenvalue weighted by Crippen LogP contribution is 2.25. The number of carbonyl (C=O) groups excluding carboxylic acids is 15. The number of H-pyrrole nitrogens is 1. The summed E-state index contributed by atoms with van der Waals surface area (Å²) < 4.78 is 0. The minimum atomic E-state index is -1.96. The van der Waals surface area contributed by atoms with E-state index in [2.05, 4.69) is 52.8 Å². The van der Waals surface area contributed by atoms with Gasteiger partial charge in [0.2, 0.25) is 88.6 Å². The van der Waals surface area contributed by atoms with Crippen molar-refractivity contribution < 1.29 is 92.0 Å². The SMILES string of the molecule is CCCC[C@H]1C(=O)N(C)CC(=O)N[C@@H](CC(=O)O)C(=O)N[C@@H](Cc2ccc(CN)cc2)C(=O)N(C)[C@@H](Cc2ccccc2)C(=O)N[C@@H](Cc2ccc(O)cc2)C(=O)N(C)CC(=O)N[C@@H](Cc2c[nH]c3ccccc23)C(=O)N[C@@H](Cc2ccc(O)cc2)C(=O)N[C@@H](CC(C)C)C(=O)N[C@H](C(=O)NCC(N)=O)CSCC(=O)N[C@@H](Cc2ccccc2)C(=O)N(C)[C@@H](Cc2ccccc2)C(=O)N1C. The van der Waals surface area contributed by atoms with Crippen LogP contribution in [0.15, 0.2) is 194 Å². The summed E-state index contributed by atoms with van der Waals surface area (Å²) in [7, 11) is 6.52. The minimum absolute atomic E-state index is 0.0158. The van der Waals surface area contributed by atoms with Crippen LogP contribution in [0, 0.1) is 5.92 Å². The number of aromatic nitrogens is 1. The number of thioether (sulfide) groups is 1. The van der Waals surface area contributed by atoms with Crippen LogP contribution in [0.5, 0.6) is 11.5 Å². The van der Waals surface area contributed by atoms with Gasteiger partial charge in [0, 0.05) is 110 Å². The van der Waals surface area contributed by atoms with E-state index in [9.17, 15) is 44.1 Å². The number of hydrogen-bond donors (Lipinski definition) is 15. The molecule has 0 bridgehead atoms. The van der Waals surface area contributed by atoms with Gasteiger partial charge < -0.3 is 104 Å². The number of primary amides is 1. The summed E-state index contributed by atoms with van der Waals surface area (Å²) in [6.45, 7) is 3.12. The molecule has 1 fully saturated rings. The lowest BCUT2D eigenvalue weighted by Gasteiger charge is -2.37. The molecule has 0 saturated carbocycles. The van der Waals surface area contributed by atoms with Crippen molar-refractivity contribution in [2.45, 2.75) is 171 Å². The summed E-state index contributed by atoms with van der Waals surface area (Å²) in [5.41, 5.74) is 16.2. The van der Waals surface area contributed by atoms with E-state index in [1.165, 1.54) is 93.6 Å². The zero-order valence-electron chi connectivity index (χ0n) is 76.8. The molecule has 15 amide bonds. The highest BCUT2D eigenvalue weighted by molar-refractivity contribution is 8.00. The summed E-state index contributed by atoms with van der Waals surface area (Å²) in [5, 5.41) is 56.0. The number of benzene rings is 7. The number of carbonyl (C=O) groups is 16. The maximum atomic E-state index is 15.7. The number of nitrogens with zero attached hydrogens (tertiary/aromatic N) is 5. The van der Waals surface area contributed by atoms with Crippen LogP contribution in [0.1, 0.15) is 97.4 Å². The summed E-state index contributed by atoms with van der Waals surface area (Å²) in [4.78, 5) is 246. The first kappa shape index (κ1) is 104. The molecule has 0 spiro atoms. The first-order valence-corrected chi connectivity index (χ1v) is 45.7. The third kappa shape index (κ3) is 31.6. The second-order valence-electron chi connectivity index (χ2n) is 34.1. The van der Waals surface area contributed by atoms with Crippen molar-refractivity contribution in [3.8, 4) is 11.5 Å². The topological polar surface area (TPSA) is 526 Å².